The fourth-order valence-electron chi connectivity index (χ4n) is 4.69. The zero-order chi connectivity index (χ0) is 21.4. The van der Waals surface area contributed by atoms with Crippen molar-refractivity contribution < 1.29 is 18.4 Å². The number of rotatable bonds is 3. The molecule has 0 saturated carbocycles. The molecule has 0 aliphatic carbocycles. The lowest BCUT2D eigenvalue weighted by molar-refractivity contribution is -0.155. The second-order valence-corrected chi connectivity index (χ2v) is 8.39. The standard InChI is InChI=1S/C24H24FN3O3/c25-20-4-2-1-3-19(20)16-28-23(30)24(8-11-26-28)9-12-27(13-10-24)22(29)18-6-5-17-7-14-31-21(17)15-18/h1-7,14-15,26H,8-13,16H2. The fraction of sp³-hybridized carbons (Fsp3) is 0.333. The lowest BCUT2D eigenvalue weighted by atomic mass is 9.73. The maximum atomic E-state index is 14.1. The van der Waals surface area contributed by atoms with Crippen molar-refractivity contribution in [2.45, 2.75) is 25.8 Å². The van der Waals surface area contributed by atoms with Crippen molar-refractivity contribution in [3.63, 3.8) is 0 Å². The summed E-state index contributed by atoms with van der Waals surface area (Å²) >= 11 is 0. The van der Waals surface area contributed by atoms with Crippen LogP contribution in [0.4, 0.5) is 4.39 Å². The number of furan rings is 1. The Morgan fingerprint density at radius 3 is 2.71 bits per heavy atom. The van der Waals surface area contributed by atoms with Crippen LogP contribution in [-0.4, -0.2) is 41.4 Å². The molecular weight excluding hydrogens is 397 g/mol. The smallest absolute Gasteiger partial charge is 0.253 e. The van der Waals surface area contributed by atoms with Gasteiger partial charge in [-0.05, 0) is 43.5 Å². The molecule has 3 aromatic rings. The molecule has 31 heavy (non-hydrogen) atoms. The van der Waals surface area contributed by atoms with Crippen LogP contribution in [0.15, 0.2) is 59.2 Å². The Labute approximate surface area is 179 Å². The Bertz CT molecular complexity index is 1130. The van der Waals surface area contributed by atoms with Gasteiger partial charge in [0.1, 0.15) is 11.4 Å². The Balaban J connectivity index is 1.27. The Hall–Kier alpha value is -3.19. The Kier molecular flexibility index (Phi) is 4.98. The lowest BCUT2D eigenvalue weighted by Gasteiger charge is -2.46. The number of carbonyl (C=O) groups is 2. The molecule has 3 heterocycles. The monoisotopic (exact) mass is 421 g/mol. The molecule has 2 saturated heterocycles. The number of likely N-dealkylation sites (tertiary alicyclic amines) is 1. The number of benzene rings is 2. The Morgan fingerprint density at radius 2 is 1.90 bits per heavy atom. The fourth-order valence-corrected chi connectivity index (χ4v) is 4.69. The predicted octanol–water partition coefficient (Wildman–Crippen LogP) is 3.73. The number of hydrazine groups is 1. The zero-order valence-electron chi connectivity index (χ0n) is 17.1. The number of carbonyl (C=O) groups excluding carboxylic acids is 2. The second-order valence-electron chi connectivity index (χ2n) is 8.39. The molecular formula is C24H24FN3O3. The van der Waals surface area contributed by atoms with Gasteiger partial charge < -0.3 is 9.32 Å². The summed E-state index contributed by atoms with van der Waals surface area (Å²) in [6, 6.07) is 13.9. The Morgan fingerprint density at radius 1 is 1.10 bits per heavy atom. The van der Waals surface area contributed by atoms with Gasteiger partial charge in [0.2, 0.25) is 5.91 Å². The first kappa shape index (κ1) is 19.8. The van der Waals surface area contributed by atoms with Crippen LogP contribution in [0.3, 0.4) is 0 Å². The minimum Gasteiger partial charge on any atom is -0.464 e. The molecule has 2 aliphatic rings. The molecule has 2 aromatic carbocycles. The molecule has 0 bridgehead atoms. The molecule has 0 radical (unpaired) electrons. The number of piperidine rings is 1. The minimum absolute atomic E-state index is 0.00823. The second kappa shape index (κ2) is 7.81. The summed E-state index contributed by atoms with van der Waals surface area (Å²) in [5.74, 6) is -0.366. The van der Waals surface area contributed by atoms with E-state index in [1.54, 1.807) is 35.5 Å². The van der Waals surface area contributed by atoms with Crippen molar-refractivity contribution in [3.05, 3.63) is 71.7 Å². The van der Waals surface area contributed by atoms with E-state index in [0.717, 1.165) is 11.8 Å². The van der Waals surface area contributed by atoms with Gasteiger partial charge in [-0.25, -0.2) is 9.82 Å². The van der Waals surface area contributed by atoms with E-state index < -0.39 is 5.41 Å². The van der Waals surface area contributed by atoms with Crippen molar-refractivity contribution in [3.8, 4) is 0 Å². The number of hydrogen-bond donors (Lipinski definition) is 1. The van der Waals surface area contributed by atoms with E-state index >= 15 is 0 Å². The van der Waals surface area contributed by atoms with Gasteiger partial charge in [0, 0.05) is 36.1 Å². The molecule has 2 fully saturated rings. The molecule has 2 aliphatic heterocycles. The van der Waals surface area contributed by atoms with Crippen molar-refractivity contribution in [1.82, 2.24) is 15.3 Å². The van der Waals surface area contributed by atoms with Crippen LogP contribution >= 0.6 is 0 Å². The lowest BCUT2D eigenvalue weighted by Crippen LogP contribution is -2.59. The number of amides is 2. The highest BCUT2D eigenvalue weighted by Gasteiger charge is 2.46. The quantitative estimate of drug-likeness (QED) is 0.700. The number of hydrogen-bond acceptors (Lipinski definition) is 4. The van der Waals surface area contributed by atoms with Crippen LogP contribution in [0.1, 0.15) is 35.2 Å². The molecule has 6 nitrogen and oxygen atoms in total. The first-order valence-electron chi connectivity index (χ1n) is 10.6. The van der Waals surface area contributed by atoms with E-state index in [-0.39, 0.29) is 24.2 Å². The van der Waals surface area contributed by atoms with Gasteiger partial charge in [0.05, 0.1) is 18.2 Å². The first-order chi connectivity index (χ1) is 15.1. The molecule has 7 heteroatoms. The van der Waals surface area contributed by atoms with E-state index in [2.05, 4.69) is 5.43 Å². The van der Waals surface area contributed by atoms with Gasteiger partial charge in [-0.15, -0.1) is 0 Å². The number of nitrogens with zero attached hydrogens (tertiary/aromatic N) is 2. The van der Waals surface area contributed by atoms with E-state index in [0.29, 0.717) is 49.2 Å². The third-order valence-corrected chi connectivity index (χ3v) is 6.60. The summed E-state index contributed by atoms with van der Waals surface area (Å²) < 4.78 is 19.5. The van der Waals surface area contributed by atoms with E-state index in [1.165, 1.54) is 6.07 Å². The van der Waals surface area contributed by atoms with Crippen LogP contribution < -0.4 is 5.43 Å². The maximum absolute atomic E-state index is 14.1. The summed E-state index contributed by atoms with van der Waals surface area (Å²) in [6.07, 6.45) is 3.55. The number of nitrogens with one attached hydrogen (secondary N) is 1. The van der Waals surface area contributed by atoms with E-state index in [9.17, 15) is 14.0 Å². The molecule has 5 rings (SSSR count). The molecule has 1 spiro atoms. The highest BCUT2D eigenvalue weighted by molar-refractivity contribution is 5.97. The first-order valence-corrected chi connectivity index (χ1v) is 10.6. The van der Waals surface area contributed by atoms with Crippen LogP contribution in [0, 0.1) is 11.2 Å². The summed E-state index contributed by atoms with van der Waals surface area (Å²) in [5.41, 5.74) is 4.39. The average molecular weight is 421 g/mol. The highest BCUT2D eigenvalue weighted by atomic mass is 19.1. The SMILES string of the molecule is O=C(c1ccc2ccoc2c1)N1CCC2(CCNN(Cc3ccccc3F)C2=O)CC1. The van der Waals surface area contributed by atoms with Crippen LogP contribution in [0.2, 0.25) is 0 Å². The van der Waals surface area contributed by atoms with Gasteiger partial charge in [0.25, 0.3) is 5.91 Å². The van der Waals surface area contributed by atoms with E-state index in [4.69, 9.17) is 4.42 Å². The molecule has 1 aromatic heterocycles. The summed E-state index contributed by atoms with van der Waals surface area (Å²) in [7, 11) is 0. The minimum atomic E-state index is -0.502. The molecule has 0 unspecified atom stereocenters. The van der Waals surface area contributed by atoms with Crippen LogP contribution in [0.25, 0.3) is 11.0 Å². The third-order valence-electron chi connectivity index (χ3n) is 6.60. The predicted molar refractivity (Wildman–Crippen MR) is 113 cm³/mol. The summed E-state index contributed by atoms with van der Waals surface area (Å²) in [4.78, 5) is 28.1. The van der Waals surface area contributed by atoms with Crippen molar-refractivity contribution in [2.75, 3.05) is 19.6 Å². The number of fused-ring (bicyclic) bond motifs is 1. The summed E-state index contributed by atoms with van der Waals surface area (Å²) in [6.45, 7) is 1.89. The molecule has 0 atom stereocenters. The molecule has 160 valence electrons. The van der Waals surface area contributed by atoms with Gasteiger partial charge in [-0.3, -0.25) is 14.6 Å². The van der Waals surface area contributed by atoms with Crippen molar-refractivity contribution in [2.24, 2.45) is 5.41 Å². The van der Waals surface area contributed by atoms with Crippen LogP contribution in [-0.2, 0) is 11.3 Å². The zero-order valence-corrected chi connectivity index (χ0v) is 17.1. The van der Waals surface area contributed by atoms with Crippen molar-refractivity contribution in [1.29, 1.82) is 0 Å². The van der Waals surface area contributed by atoms with Gasteiger partial charge >= 0.3 is 0 Å². The molecule has 2 amide bonds. The van der Waals surface area contributed by atoms with Gasteiger partial charge in [0.15, 0.2) is 0 Å². The van der Waals surface area contributed by atoms with E-state index in [1.807, 2.05) is 23.1 Å². The van der Waals surface area contributed by atoms with Gasteiger partial charge in [-0.1, -0.05) is 24.3 Å². The highest BCUT2D eigenvalue weighted by Crippen LogP contribution is 2.39. The normalized spacial score (nSPS) is 18.7. The number of halogens is 1. The van der Waals surface area contributed by atoms with Crippen molar-refractivity contribution >= 4 is 22.8 Å². The maximum Gasteiger partial charge on any atom is 0.253 e. The summed E-state index contributed by atoms with van der Waals surface area (Å²) in [5, 5.41) is 2.51. The average Bonchev–Trinajstić information content (AvgIpc) is 3.26. The van der Waals surface area contributed by atoms with Crippen LogP contribution in [0.5, 0.6) is 0 Å². The largest absolute Gasteiger partial charge is 0.464 e. The topological polar surface area (TPSA) is 65.8 Å². The third kappa shape index (κ3) is 3.59. The van der Waals surface area contributed by atoms with Gasteiger partial charge in [-0.2, -0.15) is 0 Å². The molecule has 1 N–H and O–H groups in total.